The van der Waals surface area contributed by atoms with Crippen LogP contribution in [-0.4, -0.2) is 103 Å². The number of piperidine rings is 1. The van der Waals surface area contributed by atoms with Crippen LogP contribution >= 0.6 is 0 Å². The van der Waals surface area contributed by atoms with Crippen LogP contribution < -0.4 is 21.3 Å². The van der Waals surface area contributed by atoms with Gasteiger partial charge in [0.15, 0.2) is 0 Å². The molecule has 14 nitrogen and oxygen atoms in total. The Morgan fingerprint density at radius 2 is 1.58 bits per heavy atom. The van der Waals surface area contributed by atoms with Gasteiger partial charge in [-0.15, -0.1) is 0 Å². The van der Waals surface area contributed by atoms with E-state index in [0.717, 1.165) is 0 Å². The van der Waals surface area contributed by atoms with Crippen molar-refractivity contribution in [3.63, 3.8) is 0 Å². The molecule has 1 aliphatic heterocycles. The molecule has 1 saturated heterocycles. The standard InChI is InChI=1S/C38H58N6O8/c1-12-16-25(30(46)33(48)39-19-26(45)41-28(34(49)43(10)11)23-17-14-13-15-18-23)40-32(47)29-27-24(38(27,8)9)20-44(29)35(50)31(37(5,6)7)42-36(51)52-22(4)21(2)3/h13-15,17-18,21-22,24-25,27-29,31H,12,16,19-20H2,1-11H3,(H,39,48)(H,40,47)(H,41,45)(H,42,51)/t22?,24-,25?,27?,28-,29-,31+/m0/s1. The largest absolute Gasteiger partial charge is 0.446 e. The maximum absolute atomic E-state index is 14.2. The van der Waals surface area contributed by atoms with E-state index in [-0.39, 0.29) is 41.6 Å². The van der Waals surface area contributed by atoms with Crippen LogP contribution in [-0.2, 0) is 33.5 Å². The van der Waals surface area contributed by atoms with Crippen LogP contribution in [0.1, 0.15) is 86.8 Å². The number of amides is 6. The van der Waals surface area contributed by atoms with Gasteiger partial charge < -0.3 is 35.8 Å². The van der Waals surface area contributed by atoms with Gasteiger partial charge >= 0.3 is 6.09 Å². The van der Waals surface area contributed by atoms with Gasteiger partial charge in [-0.05, 0) is 47.5 Å². The van der Waals surface area contributed by atoms with Gasteiger partial charge in [-0.1, -0.05) is 92.1 Å². The second-order valence-electron chi connectivity index (χ2n) is 16.2. The van der Waals surface area contributed by atoms with E-state index in [9.17, 15) is 33.6 Å². The number of carbonyl (C=O) groups is 7. The third-order valence-corrected chi connectivity index (χ3v) is 10.3. The number of likely N-dealkylation sites (tertiary alicyclic amines) is 1. The summed E-state index contributed by atoms with van der Waals surface area (Å²) in [7, 11) is 3.12. The van der Waals surface area contributed by atoms with Crippen molar-refractivity contribution in [2.24, 2.45) is 28.6 Å². The molecule has 0 bridgehead atoms. The first-order chi connectivity index (χ1) is 24.1. The lowest BCUT2D eigenvalue weighted by molar-refractivity contribution is -0.145. The fourth-order valence-corrected chi connectivity index (χ4v) is 6.71. The van der Waals surface area contributed by atoms with Crippen molar-refractivity contribution in [3.8, 4) is 0 Å². The van der Waals surface area contributed by atoms with E-state index < -0.39 is 71.6 Å². The van der Waals surface area contributed by atoms with E-state index in [4.69, 9.17) is 4.74 Å². The molecule has 288 valence electrons. The van der Waals surface area contributed by atoms with E-state index in [0.29, 0.717) is 18.5 Å². The third-order valence-electron chi connectivity index (χ3n) is 10.3. The number of alkyl carbamates (subject to hydrolysis) is 1. The highest BCUT2D eigenvalue weighted by Gasteiger charge is 2.70. The molecule has 1 aromatic carbocycles. The molecule has 4 N–H and O–H groups in total. The number of ether oxygens (including phenoxy) is 1. The summed E-state index contributed by atoms with van der Waals surface area (Å²) in [5.74, 6) is -4.17. The van der Waals surface area contributed by atoms with Crippen molar-refractivity contribution >= 4 is 41.4 Å². The van der Waals surface area contributed by atoms with Crippen molar-refractivity contribution in [1.29, 1.82) is 0 Å². The van der Waals surface area contributed by atoms with Crippen LogP contribution in [0.3, 0.4) is 0 Å². The van der Waals surface area contributed by atoms with Gasteiger partial charge in [0.05, 0.1) is 12.6 Å². The lowest BCUT2D eigenvalue weighted by Gasteiger charge is -2.38. The highest BCUT2D eigenvalue weighted by atomic mass is 16.6. The summed E-state index contributed by atoms with van der Waals surface area (Å²) in [6, 6.07) is 4.47. The summed E-state index contributed by atoms with van der Waals surface area (Å²) in [5, 5.41) is 10.4. The predicted octanol–water partition coefficient (Wildman–Crippen LogP) is 2.57. The molecular formula is C38H58N6O8. The number of Topliss-reactive ketones (excluding diaryl/α,β-unsaturated/α-hetero) is 1. The van der Waals surface area contributed by atoms with Crippen molar-refractivity contribution in [2.75, 3.05) is 27.2 Å². The lowest BCUT2D eigenvalue weighted by atomic mass is 9.85. The van der Waals surface area contributed by atoms with Gasteiger partial charge in [0.1, 0.15) is 24.2 Å². The number of carbonyl (C=O) groups excluding carboxylic acids is 7. The number of likely N-dealkylation sites (N-methyl/N-ethyl adjacent to an activating group) is 1. The van der Waals surface area contributed by atoms with E-state index >= 15 is 0 Å². The molecule has 3 rings (SSSR count). The smallest absolute Gasteiger partial charge is 0.408 e. The summed E-state index contributed by atoms with van der Waals surface area (Å²) >= 11 is 0. The number of nitrogens with zero attached hydrogens (tertiary/aromatic N) is 2. The molecule has 52 heavy (non-hydrogen) atoms. The number of hydrogen-bond acceptors (Lipinski definition) is 8. The second kappa shape index (κ2) is 16.9. The number of hydrogen-bond donors (Lipinski definition) is 4. The average molecular weight is 727 g/mol. The molecule has 1 aliphatic carbocycles. The first kappa shape index (κ1) is 41.9. The number of benzene rings is 1. The maximum atomic E-state index is 14.2. The average Bonchev–Trinajstić information content (AvgIpc) is 3.37. The lowest BCUT2D eigenvalue weighted by Crippen LogP contribution is -2.60. The minimum Gasteiger partial charge on any atom is -0.446 e. The van der Waals surface area contributed by atoms with Gasteiger partial charge in [-0.25, -0.2) is 4.79 Å². The zero-order valence-corrected chi connectivity index (χ0v) is 32.5. The summed E-state index contributed by atoms with van der Waals surface area (Å²) in [4.78, 5) is 96.0. The molecule has 1 heterocycles. The Morgan fingerprint density at radius 1 is 0.962 bits per heavy atom. The molecule has 0 spiro atoms. The van der Waals surface area contributed by atoms with Gasteiger partial charge in [0, 0.05) is 20.6 Å². The van der Waals surface area contributed by atoms with Gasteiger partial charge in [-0.3, -0.25) is 28.8 Å². The van der Waals surface area contributed by atoms with E-state index in [2.05, 4.69) is 21.3 Å². The summed E-state index contributed by atoms with van der Waals surface area (Å²) < 4.78 is 5.49. The topological polar surface area (TPSA) is 183 Å². The Labute approximate surface area is 307 Å². The van der Waals surface area contributed by atoms with E-state index in [1.165, 1.54) is 9.80 Å². The molecule has 2 fully saturated rings. The quantitative estimate of drug-likeness (QED) is 0.199. The van der Waals surface area contributed by atoms with E-state index in [1.807, 2.05) is 48.5 Å². The zero-order valence-electron chi connectivity index (χ0n) is 32.5. The summed E-state index contributed by atoms with van der Waals surface area (Å²) in [5.41, 5.74) is -0.421. The first-order valence-electron chi connectivity index (χ1n) is 18.1. The van der Waals surface area contributed by atoms with Crippen molar-refractivity contribution in [2.45, 2.75) is 105 Å². The van der Waals surface area contributed by atoms with Crippen LogP contribution in [0.2, 0.25) is 0 Å². The van der Waals surface area contributed by atoms with Crippen molar-refractivity contribution in [1.82, 2.24) is 31.1 Å². The molecule has 14 heteroatoms. The highest BCUT2D eigenvalue weighted by Crippen LogP contribution is 2.65. The summed E-state index contributed by atoms with van der Waals surface area (Å²) in [6.45, 7) is 16.6. The van der Waals surface area contributed by atoms with Gasteiger partial charge in [0.2, 0.25) is 29.4 Å². The monoisotopic (exact) mass is 726 g/mol. The maximum Gasteiger partial charge on any atom is 0.408 e. The second-order valence-corrected chi connectivity index (χ2v) is 16.2. The van der Waals surface area contributed by atoms with Crippen LogP contribution in [0.4, 0.5) is 4.79 Å². The van der Waals surface area contributed by atoms with Crippen molar-refractivity contribution in [3.05, 3.63) is 35.9 Å². The molecule has 7 atom stereocenters. The SMILES string of the molecule is CCCC(NC(=O)[C@@H]1C2[C@H](CN1C(=O)[C@@H](NC(=O)OC(C)C(C)C)C(C)(C)C)C2(C)C)C(=O)C(=O)NCC(=O)N[C@H](C(=O)N(C)C)c1ccccc1. The Bertz CT molecular complexity index is 1500. The minimum absolute atomic E-state index is 0.0296. The molecule has 2 aliphatic rings. The third kappa shape index (κ3) is 9.88. The number of fused-ring (bicyclic) bond motifs is 1. The Kier molecular flexibility index (Phi) is 13.6. The van der Waals surface area contributed by atoms with Crippen LogP contribution in [0.15, 0.2) is 30.3 Å². The summed E-state index contributed by atoms with van der Waals surface area (Å²) in [6.07, 6.45) is -0.518. The predicted molar refractivity (Wildman–Crippen MR) is 194 cm³/mol. The van der Waals surface area contributed by atoms with Crippen LogP contribution in [0, 0.1) is 28.6 Å². The zero-order chi connectivity index (χ0) is 39.3. The Balaban J connectivity index is 1.73. The molecular weight excluding hydrogens is 668 g/mol. The van der Waals surface area contributed by atoms with Crippen LogP contribution in [0.5, 0.6) is 0 Å². The fourth-order valence-electron chi connectivity index (χ4n) is 6.71. The van der Waals surface area contributed by atoms with Gasteiger partial charge in [-0.2, -0.15) is 0 Å². The molecule has 3 unspecified atom stereocenters. The van der Waals surface area contributed by atoms with Crippen LogP contribution in [0.25, 0.3) is 0 Å². The molecule has 1 saturated carbocycles. The number of rotatable bonds is 15. The highest BCUT2D eigenvalue weighted by molar-refractivity contribution is 6.38. The Morgan fingerprint density at radius 3 is 2.12 bits per heavy atom. The fraction of sp³-hybridized carbons (Fsp3) is 0.658. The first-order valence-corrected chi connectivity index (χ1v) is 18.1. The normalized spacial score (nSPS) is 21.1. The molecule has 0 aromatic heterocycles. The number of ketones is 1. The molecule has 0 radical (unpaired) electrons. The molecule has 1 aromatic rings. The molecule has 6 amide bonds. The number of nitrogens with one attached hydrogen (secondary N) is 4. The van der Waals surface area contributed by atoms with Crippen molar-refractivity contribution < 1.29 is 38.3 Å². The Hall–Kier alpha value is -4.49. The van der Waals surface area contributed by atoms with Gasteiger partial charge in [0.25, 0.3) is 5.91 Å². The minimum atomic E-state index is -1.21. The van der Waals surface area contributed by atoms with E-state index in [1.54, 1.807) is 58.3 Å².